The number of fused-ring (bicyclic) bond motifs is 7. The van der Waals surface area contributed by atoms with Gasteiger partial charge in [-0.15, -0.1) is 0 Å². The van der Waals surface area contributed by atoms with Crippen molar-refractivity contribution in [3.05, 3.63) is 35.9 Å². The molecule has 46 heavy (non-hydrogen) atoms. The molecular formula is C42H64O4. The Balaban J connectivity index is 1.28. The van der Waals surface area contributed by atoms with Gasteiger partial charge in [0, 0.05) is 17.8 Å². The van der Waals surface area contributed by atoms with E-state index < -0.39 is 17.2 Å². The molecule has 4 nitrogen and oxygen atoms in total. The number of rotatable bonds is 8. The number of ether oxygens (including phenoxy) is 1. The van der Waals surface area contributed by atoms with Crippen LogP contribution in [0, 0.1) is 56.2 Å². The number of carbonyl (C=O) groups is 1. The van der Waals surface area contributed by atoms with E-state index in [0.717, 1.165) is 44.9 Å². The van der Waals surface area contributed by atoms with E-state index in [-0.39, 0.29) is 39.1 Å². The summed E-state index contributed by atoms with van der Waals surface area (Å²) in [6, 6.07) is 10.9. The van der Waals surface area contributed by atoms with E-state index in [1.807, 2.05) is 0 Å². The molecule has 0 amide bonds. The number of benzene rings is 1. The zero-order valence-corrected chi connectivity index (χ0v) is 30.0. The van der Waals surface area contributed by atoms with Crippen molar-refractivity contribution in [3.63, 3.8) is 0 Å². The first-order valence-corrected chi connectivity index (χ1v) is 19.4. The average Bonchev–Trinajstić information content (AvgIpc) is 3.13. The monoisotopic (exact) mass is 632 g/mol. The van der Waals surface area contributed by atoms with Crippen LogP contribution in [0.15, 0.2) is 30.3 Å². The molecule has 1 spiro atoms. The first-order valence-electron chi connectivity index (χ1n) is 19.4. The molecule has 2 N–H and O–H groups in total. The average molecular weight is 633 g/mol. The van der Waals surface area contributed by atoms with Crippen LogP contribution in [0.3, 0.4) is 0 Å². The summed E-state index contributed by atoms with van der Waals surface area (Å²) in [7, 11) is 0. The second kappa shape index (κ2) is 11.1. The summed E-state index contributed by atoms with van der Waals surface area (Å²) in [6.45, 7) is 14.7. The van der Waals surface area contributed by atoms with Gasteiger partial charge in [0.2, 0.25) is 0 Å². The van der Waals surface area contributed by atoms with Crippen molar-refractivity contribution in [1.82, 2.24) is 0 Å². The molecule has 1 aromatic carbocycles. The predicted molar refractivity (Wildman–Crippen MR) is 184 cm³/mol. The predicted octanol–water partition coefficient (Wildman–Crippen LogP) is 10.2. The van der Waals surface area contributed by atoms with E-state index >= 15 is 0 Å². The second-order valence-corrected chi connectivity index (χ2v) is 18.8. The summed E-state index contributed by atoms with van der Waals surface area (Å²) in [5.74, 6) is 0.224. The molecule has 6 aliphatic rings. The molecule has 5 saturated carbocycles. The first-order chi connectivity index (χ1) is 21.7. The van der Waals surface area contributed by atoms with Crippen LogP contribution in [0.5, 0.6) is 0 Å². The van der Waals surface area contributed by atoms with Gasteiger partial charge in [-0.3, -0.25) is 4.79 Å². The van der Waals surface area contributed by atoms with Gasteiger partial charge >= 0.3 is 5.97 Å². The standard InChI is InChI=1S/C42H64O4/c1-7-8-9-13-18-40-26-24-38(5)31(39(40,6)25-23-36(3)21-22-37(4,35(43)44)28-33(36)40)16-19-41-29(2)42(45,20-17-32(38)41)46-34(41)27-30-14-11-10-12-15-30/h10-12,14-15,29,31-34,45H,7-9,13,16-28H2,1-6H3,(H,43,44)/t29-,31+,32+,33-,34-,36-,37-,38-,39-,40+,41+,42+/m1/s1. The van der Waals surface area contributed by atoms with Gasteiger partial charge < -0.3 is 14.9 Å². The highest BCUT2D eigenvalue weighted by atomic mass is 16.6. The zero-order valence-electron chi connectivity index (χ0n) is 30.0. The number of carboxylic acid groups (broad SMARTS) is 1. The van der Waals surface area contributed by atoms with Crippen LogP contribution in [-0.4, -0.2) is 28.1 Å². The van der Waals surface area contributed by atoms with E-state index in [0.29, 0.717) is 17.8 Å². The smallest absolute Gasteiger partial charge is 0.309 e. The Morgan fingerprint density at radius 1 is 0.848 bits per heavy atom. The van der Waals surface area contributed by atoms with Crippen LogP contribution in [0.25, 0.3) is 0 Å². The Morgan fingerprint density at radius 3 is 2.28 bits per heavy atom. The number of aliphatic carboxylic acids is 1. The molecule has 256 valence electrons. The number of hydrogen-bond donors (Lipinski definition) is 2. The van der Waals surface area contributed by atoms with Gasteiger partial charge in [0.05, 0.1) is 11.5 Å². The number of carboxylic acids is 1. The maximum atomic E-state index is 12.8. The summed E-state index contributed by atoms with van der Waals surface area (Å²) in [6.07, 6.45) is 19.3. The van der Waals surface area contributed by atoms with E-state index in [1.165, 1.54) is 69.8 Å². The molecule has 1 heterocycles. The fourth-order valence-corrected chi connectivity index (χ4v) is 14.5. The molecule has 0 aromatic heterocycles. The maximum Gasteiger partial charge on any atom is 0.309 e. The van der Waals surface area contributed by atoms with E-state index in [9.17, 15) is 15.0 Å². The fraction of sp³-hybridized carbons (Fsp3) is 0.833. The zero-order chi connectivity index (χ0) is 32.8. The molecule has 6 fully saturated rings. The largest absolute Gasteiger partial charge is 0.481 e. The van der Waals surface area contributed by atoms with E-state index in [4.69, 9.17) is 4.74 Å². The van der Waals surface area contributed by atoms with E-state index in [1.54, 1.807) is 0 Å². The Bertz CT molecular complexity index is 1310. The van der Waals surface area contributed by atoms with Crippen LogP contribution in [-0.2, 0) is 16.0 Å². The number of unbranched alkanes of at least 4 members (excludes halogenated alkanes) is 3. The van der Waals surface area contributed by atoms with Crippen molar-refractivity contribution in [1.29, 1.82) is 0 Å². The number of hydrogen-bond acceptors (Lipinski definition) is 3. The van der Waals surface area contributed by atoms with Crippen molar-refractivity contribution in [2.45, 2.75) is 163 Å². The summed E-state index contributed by atoms with van der Waals surface area (Å²) in [5, 5.41) is 22.5. The van der Waals surface area contributed by atoms with Crippen LogP contribution < -0.4 is 0 Å². The van der Waals surface area contributed by atoms with E-state index in [2.05, 4.69) is 71.9 Å². The normalized spacial score (nSPS) is 51.0. The van der Waals surface area contributed by atoms with Gasteiger partial charge in [0.25, 0.3) is 0 Å². The van der Waals surface area contributed by atoms with Crippen LogP contribution in [0.4, 0.5) is 0 Å². The molecule has 1 aliphatic heterocycles. The lowest BCUT2D eigenvalue weighted by atomic mass is 9.29. The molecule has 0 radical (unpaired) electrons. The maximum absolute atomic E-state index is 12.8. The second-order valence-electron chi connectivity index (χ2n) is 18.8. The third kappa shape index (κ3) is 4.39. The van der Waals surface area contributed by atoms with Crippen molar-refractivity contribution in [2.75, 3.05) is 0 Å². The molecule has 4 heteroatoms. The molecule has 12 atom stereocenters. The first kappa shape index (κ1) is 33.1. The Kier molecular flexibility index (Phi) is 7.96. The Morgan fingerprint density at radius 2 is 1.57 bits per heavy atom. The minimum absolute atomic E-state index is 0.00147. The van der Waals surface area contributed by atoms with Crippen molar-refractivity contribution >= 4 is 5.97 Å². The molecule has 7 rings (SSSR count). The topological polar surface area (TPSA) is 66.8 Å². The highest BCUT2D eigenvalue weighted by molar-refractivity contribution is 5.74. The molecule has 1 aromatic rings. The quantitative estimate of drug-likeness (QED) is 0.280. The molecule has 0 unspecified atom stereocenters. The summed E-state index contributed by atoms with van der Waals surface area (Å²) >= 11 is 0. The minimum Gasteiger partial charge on any atom is -0.481 e. The van der Waals surface area contributed by atoms with Crippen molar-refractivity contribution in [2.24, 2.45) is 56.2 Å². The van der Waals surface area contributed by atoms with Crippen molar-refractivity contribution in [3.8, 4) is 0 Å². The Labute approximate surface area is 279 Å². The molecule has 5 aliphatic carbocycles. The molecular weight excluding hydrogens is 568 g/mol. The van der Waals surface area contributed by atoms with Gasteiger partial charge in [0.15, 0.2) is 5.79 Å². The SMILES string of the molecule is CCCCCC[C@@]12CC[C@@]3(C)[C@@H]4CC[C@]5(O)O[C@H](Cc6ccccc6)[C@@]4(CC[C@@H]3[C@@]1(C)CC[C@@]1(C)CC[C@@](C)(C(=O)O)C[C@H]12)[C@H]5C. The van der Waals surface area contributed by atoms with Gasteiger partial charge in [-0.2, -0.15) is 0 Å². The van der Waals surface area contributed by atoms with Crippen LogP contribution in [0.1, 0.15) is 150 Å². The summed E-state index contributed by atoms with van der Waals surface area (Å²) < 4.78 is 6.83. The van der Waals surface area contributed by atoms with Gasteiger partial charge in [-0.25, -0.2) is 0 Å². The van der Waals surface area contributed by atoms with Crippen molar-refractivity contribution < 1.29 is 19.7 Å². The van der Waals surface area contributed by atoms with Crippen LogP contribution >= 0.6 is 0 Å². The highest BCUT2D eigenvalue weighted by Gasteiger charge is 2.76. The molecule has 1 saturated heterocycles. The van der Waals surface area contributed by atoms with Gasteiger partial charge in [-0.1, -0.05) is 90.6 Å². The Hall–Kier alpha value is -1.39. The third-order valence-corrected chi connectivity index (χ3v) is 17.2. The lowest BCUT2D eigenvalue weighted by Gasteiger charge is -2.75. The lowest BCUT2D eigenvalue weighted by molar-refractivity contribution is -0.274. The highest BCUT2D eigenvalue weighted by Crippen LogP contribution is 2.81. The van der Waals surface area contributed by atoms with Crippen LogP contribution in [0.2, 0.25) is 0 Å². The minimum atomic E-state index is -1.00. The lowest BCUT2D eigenvalue weighted by Crippen LogP contribution is -2.69. The van der Waals surface area contributed by atoms with Gasteiger partial charge in [0.1, 0.15) is 0 Å². The summed E-state index contributed by atoms with van der Waals surface area (Å²) in [4.78, 5) is 12.8. The third-order valence-electron chi connectivity index (χ3n) is 17.2. The summed E-state index contributed by atoms with van der Waals surface area (Å²) in [5.41, 5.74) is 1.58. The number of aliphatic hydroxyl groups is 1. The van der Waals surface area contributed by atoms with Gasteiger partial charge in [-0.05, 0) is 129 Å². The fourth-order valence-electron chi connectivity index (χ4n) is 14.5. The molecule has 2 bridgehead atoms.